The highest BCUT2D eigenvalue weighted by atomic mass is 16.8. The minimum Gasteiger partial charge on any atom is -0.444 e. The third-order valence-electron chi connectivity index (χ3n) is 5.79. The molecule has 2 aliphatic rings. The van der Waals surface area contributed by atoms with E-state index in [1.165, 1.54) is 4.90 Å². The maximum Gasteiger partial charge on any atom is 0.411 e. The minimum absolute atomic E-state index is 0.0809. The number of amides is 2. The zero-order chi connectivity index (χ0) is 23.1. The average molecular weight is 437 g/mol. The Morgan fingerprint density at radius 3 is 2.47 bits per heavy atom. The van der Waals surface area contributed by atoms with Crippen LogP contribution in [0.25, 0.3) is 0 Å². The van der Waals surface area contributed by atoms with Crippen molar-refractivity contribution in [2.45, 2.75) is 51.3 Å². The summed E-state index contributed by atoms with van der Waals surface area (Å²) in [5.74, 6) is -0.460. The number of nitrogens with zero attached hydrogens (tertiary/aromatic N) is 3. The molecule has 0 bridgehead atoms. The normalized spacial score (nSPS) is 22.2. The fourth-order valence-electron chi connectivity index (χ4n) is 4.59. The second-order valence-corrected chi connectivity index (χ2v) is 9.06. The van der Waals surface area contributed by atoms with E-state index in [-0.39, 0.29) is 30.1 Å². The van der Waals surface area contributed by atoms with Crippen LogP contribution in [-0.2, 0) is 21.6 Å². The lowest BCUT2D eigenvalue weighted by atomic mass is 9.79. The monoisotopic (exact) mass is 437 g/mol. The Hall–Kier alpha value is -3.55. The van der Waals surface area contributed by atoms with Crippen LogP contribution in [0.4, 0.5) is 10.5 Å². The Morgan fingerprint density at radius 2 is 1.81 bits per heavy atom. The summed E-state index contributed by atoms with van der Waals surface area (Å²) >= 11 is 0. The van der Waals surface area contributed by atoms with Gasteiger partial charge in [-0.25, -0.2) is 4.79 Å². The van der Waals surface area contributed by atoms with E-state index in [4.69, 9.17) is 4.74 Å². The maximum absolute atomic E-state index is 14.1. The van der Waals surface area contributed by atoms with E-state index in [2.05, 4.69) is 0 Å². The highest BCUT2D eigenvalue weighted by Gasteiger charge is 2.65. The second-order valence-electron chi connectivity index (χ2n) is 9.06. The Balaban J connectivity index is 1.90. The first kappa shape index (κ1) is 21.7. The topological polar surface area (TPSA) is 96.1 Å². The number of carbonyl (C=O) groups is 2. The summed E-state index contributed by atoms with van der Waals surface area (Å²) in [6.45, 7) is 5.70. The zero-order valence-electron chi connectivity index (χ0n) is 18.4. The van der Waals surface area contributed by atoms with Crippen LogP contribution in [0.2, 0.25) is 0 Å². The van der Waals surface area contributed by atoms with Crippen LogP contribution >= 0.6 is 0 Å². The number of carbonyl (C=O) groups excluding carboxylic acids is 2. The molecule has 2 heterocycles. The molecule has 2 aromatic rings. The van der Waals surface area contributed by atoms with Gasteiger partial charge in [-0.05, 0) is 38.8 Å². The molecule has 2 amide bonds. The molecule has 1 unspecified atom stereocenters. The van der Waals surface area contributed by atoms with Crippen molar-refractivity contribution in [3.8, 4) is 0 Å². The summed E-state index contributed by atoms with van der Waals surface area (Å²) in [5.41, 5.74) is -0.661. The van der Waals surface area contributed by atoms with Crippen LogP contribution < -0.4 is 4.90 Å². The van der Waals surface area contributed by atoms with Crippen molar-refractivity contribution in [1.29, 1.82) is 0 Å². The third-order valence-corrected chi connectivity index (χ3v) is 5.79. The fourth-order valence-corrected chi connectivity index (χ4v) is 4.59. The Kier molecular flexibility index (Phi) is 5.32. The number of piperidine rings is 1. The van der Waals surface area contributed by atoms with Gasteiger partial charge < -0.3 is 14.8 Å². The van der Waals surface area contributed by atoms with Gasteiger partial charge in [-0.1, -0.05) is 48.5 Å². The van der Waals surface area contributed by atoms with E-state index in [0.29, 0.717) is 17.7 Å². The maximum atomic E-state index is 14.1. The van der Waals surface area contributed by atoms with Gasteiger partial charge in [0, 0.05) is 23.4 Å². The fraction of sp³-hybridized carbons (Fsp3) is 0.375. The van der Waals surface area contributed by atoms with Crippen LogP contribution in [0.5, 0.6) is 0 Å². The van der Waals surface area contributed by atoms with E-state index < -0.39 is 23.1 Å². The molecule has 1 spiro atoms. The van der Waals surface area contributed by atoms with E-state index in [1.807, 2.05) is 30.3 Å². The van der Waals surface area contributed by atoms with Crippen molar-refractivity contribution in [2.24, 2.45) is 0 Å². The molecule has 0 aromatic heterocycles. The summed E-state index contributed by atoms with van der Waals surface area (Å²) in [7, 11) is 0. The average Bonchev–Trinajstić information content (AvgIpc) is 2.97. The predicted octanol–water partition coefficient (Wildman–Crippen LogP) is 3.80. The summed E-state index contributed by atoms with van der Waals surface area (Å²) < 4.78 is 5.61. The van der Waals surface area contributed by atoms with Gasteiger partial charge in [0.25, 0.3) is 11.6 Å². The molecule has 4 rings (SSSR count). The standard InChI is InChI=1S/C24H27N3O5/c1-23(2,3)32-22(29)26-15-9-14-20(27(30)31)24(26)18-12-7-8-13-19(18)25(21(24)28)16-17-10-5-4-6-11-17/h4-8,10-13H,9,14-16H2,1-3H3,(H,30,31). The molecule has 1 atom stereocenters. The number of ether oxygens (including phenoxy) is 1. The molecular formula is C24H27N3O5. The lowest BCUT2D eigenvalue weighted by molar-refractivity contribution is -0.728. The van der Waals surface area contributed by atoms with Gasteiger partial charge in [0.2, 0.25) is 5.54 Å². The smallest absolute Gasteiger partial charge is 0.411 e. The molecule has 32 heavy (non-hydrogen) atoms. The first-order valence-corrected chi connectivity index (χ1v) is 10.6. The molecule has 0 aliphatic carbocycles. The molecule has 0 saturated carbocycles. The number of fused-ring (bicyclic) bond motifs is 2. The minimum atomic E-state index is -1.76. The van der Waals surface area contributed by atoms with Crippen LogP contribution in [-0.4, -0.2) is 44.9 Å². The second kappa shape index (κ2) is 7.85. The van der Waals surface area contributed by atoms with Crippen LogP contribution in [0.15, 0.2) is 54.6 Å². The SMILES string of the molecule is CC(C)(C)OC(=O)N1CCC/C(=[N+](\[O-])O)C12C(=O)N(Cc1ccccc1)c1ccccc12. The summed E-state index contributed by atoms with van der Waals surface area (Å²) in [5, 5.41) is 22.4. The quantitative estimate of drug-likeness (QED) is 0.438. The lowest BCUT2D eigenvalue weighted by Crippen LogP contribution is -2.64. The molecule has 2 aromatic carbocycles. The molecule has 8 heteroatoms. The van der Waals surface area contributed by atoms with E-state index in [9.17, 15) is 20.0 Å². The Labute approximate surface area is 186 Å². The molecule has 168 valence electrons. The molecule has 1 N–H and O–H groups in total. The van der Waals surface area contributed by atoms with Crippen molar-refractivity contribution in [1.82, 2.24) is 4.90 Å². The highest BCUT2D eigenvalue weighted by molar-refractivity contribution is 6.23. The van der Waals surface area contributed by atoms with Crippen LogP contribution in [0.3, 0.4) is 0 Å². The number of hydrogen-bond acceptors (Lipinski definition) is 5. The summed E-state index contributed by atoms with van der Waals surface area (Å²) in [6, 6.07) is 16.5. The number of para-hydroxylation sites is 1. The van der Waals surface area contributed by atoms with Crippen LogP contribution in [0, 0.1) is 5.21 Å². The van der Waals surface area contributed by atoms with E-state index >= 15 is 0 Å². The van der Waals surface area contributed by atoms with Crippen molar-refractivity contribution in [2.75, 3.05) is 11.4 Å². The lowest BCUT2D eigenvalue weighted by Gasteiger charge is -2.41. The van der Waals surface area contributed by atoms with Gasteiger partial charge in [0.15, 0.2) is 0 Å². The van der Waals surface area contributed by atoms with Gasteiger partial charge >= 0.3 is 6.09 Å². The summed E-state index contributed by atoms with van der Waals surface area (Å²) in [6.07, 6.45) is -0.108. The van der Waals surface area contributed by atoms with E-state index in [1.54, 1.807) is 49.9 Å². The van der Waals surface area contributed by atoms with Gasteiger partial charge in [-0.3, -0.25) is 14.9 Å². The molecule has 1 saturated heterocycles. The molecule has 0 radical (unpaired) electrons. The number of anilines is 1. The zero-order valence-corrected chi connectivity index (χ0v) is 18.4. The van der Waals surface area contributed by atoms with Crippen molar-refractivity contribution < 1.29 is 24.4 Å². The number of hydrogen-bond donors (Lipinski definition) is 1. The molecular weight excluding hydrogens is 410 g/mol. The third kappa shape index (κ3) is 3.45. The van der Waals surface area contributed by atoms with Crippen LogP contribution in [0.1, 0.15) is 44.7 Å². The number of likely N-dealkylation sites (tertiary alicyclic amines) is 1. The van der Waals surface area contributed by atoms with Gasteiger partial charge in [0.05, 0.1) is 12.2 Å². The highest BCUT2D eigenvalue weighted by Crippen LogP contribution is 2.48. The van der Waals surface area contributed by atoms with Crippen molar-refractivity contribution in [3.05, 3.63) is 70.9 Å². The van der Waals surface area contributed by atoms with Gasteiger partial charge in [-0.15, -0.1) is 0 Å². The summed E-state index contributed by atoms with van der Waals surface area (Å²) in [4.78, 5) is 30.0. The number of benzene rings is 2. The van der Waals surface area contributed by atoms with E-state index in [0.717, 1.165) is 5.56 Å². The Morgan fingerprint density at radius 1 is 1.16 bits per heavy atom. The number of rotatable bonds is 2. The van der Waals surface area contributed by atoms with Gasteiger partial charge in [-0.2, -0.15) is 0 Å². The molecule has 2 aliphatic heterocycles. The predicted molar refractivity (Wildman–Crippen MR) is 118 cm³/mol. The Bertz CT molecular complexity index is 1070. The molecule has 8 nitrogen and oxygen atoms in total. The van der Waals surface area contributed by atoms with Crippen molar-refractivity contribution in [3.63, 3.8) is 0 Å². The first-order valence-electron chi connectivity index (χ1n) is 10.6. The largest absolute Gasteiger partial charge is 0.444 e. The molecule has 1 fully saturated rings. The van der Waals surface area contributed by atoms with Gasteiger partial charge in [0.1, 0.15) is 5.60 Å². The first-order chi connectivity index (χ1) is 15.2. The van der Waals surface area contributed by atoms with Crippen molar-refractivity contribution >= 4 is 23.4 Å².